The van der Waals surface area contributed by atoms with Gasteiger partial charge in [-0.25, -0.2) is 4.98 Å². The first kappa shape index (κ1) is 21.3. The van der Waals surface area contributed by atoms with Gasteiger partial charge in [0.05, 0.1) is 12.1 Å². The average molecular weight is 409 g/mol. The third-order valence-electron chi connectivity index (χ3n) is 5.19. The minimum Gasteiger partial charge on any atom is -0.358 e. The van der Waals surface area contributed by atoms with Crippen molar-refractivity contribution < 1.29 is 14.4 Å². The number of pyridine rings is 1. The van der Waals surface area contributed by atoms with Crippen molar-refractivity contribution in [3.05, 3.63) is 53.7 Å². The fourth-order valence-corrected chi connectivity index (χ4v) is 3.24. The molecule has 0 bridgehead atoms. The molecule has 158 valence electrons. The molecule has 1 aromatic heterocycles. The smallest absolute Gasteiger partial charge is 0.257 e. The number of carbonyl (C=O) groups is 3. The van der Waals surface area contributed by atoms with E-state index in [0.717, 1.165) is 37.7 Å². The summed E-state index contributed by atoms with van der Waals surface area (Å²) in [6.07, 6.45) is 3.87. The Hall–Kier alpha value is -3.42. The number of likely N-dealkylation sites (N-methyl/N-ethyl adjacent to an activating group) is 1. The van der Waals surface area contributed by atoms with Crippen molar-refractivity contribution in [2.45, 2.75) is 19.8 Å². The summed E-state index contributed by atoms with van der Waals surface area (Å²) in [5, 5.41) is 7.74. The molecule has 1 aliphatic rings. The molecule has 0 radical (unpaired) electrons. The van der Waals surface area contributed by atoms with Crippen LogP contribution in [0.3, 0.4) is 0 Å². The lowest BCUT2D eigenvalue weighted by Gasteiger charge is -2.31. The summed E-state index contributed by atoms with van der Waals surface area (Å²) in [5.41, 5.74) is 1.28. The number of nitrogens with zero attached hydrogens (tertiary/aromatic N) is 2. The fourth-order valence-electron chi connectivity index (χ4n) is 3.24. The number of hydrogen-bond acceptors (Lipinski definition) is 5. The van der Waals surface area contributed by atoms with Crippen molar-refractivity contribution in [2.75, 3.05) is 36.9 Å². The number of nitrogens with one attached hydrogen (secondary N) is 3. The van der Waals surface area contributed by atoms with E-state index in [2.05, 4.69) is 32.8 Å². The number of amides is 3. The zero-order valence-corrected chi connectivity index (χ0v) is 17.3. The van der Waals surface area contributed by atoms with Crippen molar-refractivity contribution in [2.24, 2.45) is 5.92 Å². The van der Waals surface area contributed by atoms with Crippen LogP contribution in [0.4, 0.5) is 11.5 Å². The number of anilines is 2. The van der Waals surface area contributed by atoms with Crippen LogP contribution in [0.5, 0.6) is 0 Å². The molecule has 0 saturated carbocycles. The van der Waals surface area contributed by atoms with Crippen LogP contribution in [0.15, 0.2) is 42.6 Å². The molecule has 1 aromatic carbocycles. The van der Waals surface area contributed by atoms with Crippen LogP contribution in [0.1, 0.15) is 40.5 Å². The summed E-state index contributed by atoms with van der Waals surface area (Å²) in [6.45, 7) is 4.11. The lowest BCUT2D eigenvalue weighted by atomic mass is 9.99. The van der Waals surface area contributed by atoms with Crippen LogP contribution in [-0.4, -0.2) is 49.4 Å². The highest BCUT2D eigenvalue weighted by Crippen LogP contribution is 2.21. The zero-order chi connectivity index (χ0) is 21.5. The number of piperidine rings is 1. The maximum atomic E-state index is 12.6. The van der Waals surface area contributed by atoms with Crippen LogP contribution < -0.4 is 20.9 Å². The first-order chi connectivity index (χ1) is 14.5. The molecule has 1 saturated heterocycles. The maximum absolute atomic E-state index is 12.6. The van der Waals surface area contributed by atoms with Gasteiger partial charge in [-0.1, -0.05) is 13.0 Å². The van der Waals surface area contributed by atoms with E-state index in [4.69, 9.17) is 0 Å². The highest BCUT2D eigenvalue weighted by Gasteiger charge is 2.17. The van der Waals surface area contributed by atoms with Gasteiger partial charge in [-0.05, 0) is 49.1 Å². The van der Waals surface area contributed by atoms with Gasteiger partial charge in [-0.3, -0.25) is 14.4 Å². The van der Waals surface area contributed by atoms with Crippen molar-refractivity contribution in [1.82, 2.24) is 15.6 Å². The Kier molecular flexibility index (Phi) is 7.00. The molecular weight excluding hydrogens is 382 g/mol. The zero-order valence-electron chi connectivity index (χ0n) is 17.3. The molecule has 30 heavy (non-hydrogen) atoms. The van der Waals surface area contributed by atoms with Crippen LogP contribution in [0.2, 0.25) is 0 Å². The third-order valence-corrected chi connectivity index (χ3v) is 5.19. The molecule has 1 fully saturated rings. The van der Waals surface area contributed by atoms with Crippen molar-refractivity contribution in [3.63, 3.8) is 0 Å². The molecule has 1 aliphatic heterocycles. The molecule has 3 amide bonds. The summed E-state index contributed by atoms with van der Waals surface area (Å²) in [7, 11) is 1.50. The Bertz CT molecular complexity index is 905. The largest absolute Gasteiger partial charge is 0.358 e. The van der Waals surface area contributed by atoms with Gasteiger partial charge in [0, 0.05) is 37.6 Å². The molecule has 0 aliphatic carbocycles. The predicted octanol–water partition coefficient (Wildman–Crippen LogP) is 2.05. The van der Waals surface area contributed by atoms with Gasteiger partial charge in [-0.2, -0.15) is 0 Å². The molecular formula is C22H27N5O3. The fraction of sp³-hybridized carbons (Fsp3) is 0.364. The van der Waals surface area contributed by atoms with Crippen molar-refractivity contribution >= 4 is 29.2 Å². The number of carbonyl (C=O) groups excluding carboxylic acids is 3. The third kappa shape index (κ3) is 5.56. The Morgan fingerprint density at radius 3 is 2.50 bits per heavy atom. The summed E-state index contributed by atoms with van der Waals surface area (Å²) in [6, 6.07) is 10.2. The lowest BCUT2D eigenvalue weighted by Crippen LogP contribution is -2.35. The minimum atomic E-state index is -0.392. The standard InChI is InChI=1S/C22H27N5O3/c1-15-8-10-27(11-9-15)19-7-6-17(13-24-19)22(30)26-18-5-3-4-16(12-18)21(29)25-14-20(28)23-2/h3-7,12-13,15H,8-11,14H2,1-2H3,(H,23,28)(H,25,29)(H,26,30). The second kappa shape index (κ2) is 9.87. The van der Waals surface area contributed by atoms with Gasteiger partial charge in [0.25, 0.3) is 11.8 Å². The number of rotatable bonds is 6. The van der Waals surface area contributed by atoms with E-state index in [9.17, 15) is 14.4 Å². The van der Waals surface area contributed by atoms with Gasteiger partial charge >= 0.3 is 0 Å². The van der Waals surface area contributed by atoms with E-state index < -0.39 is 5.91 Å². The quantitative estimate of drug-likeness (QED) is 0.678. The second-order valence-electron chi connectivity index (χ2n) is 7.47. The van der Waals surface area contributed by atoms with E-state index in [1.165, 1.54) is 7.05 Å². The van der Waals surface area contributed by atoms with Gasteiger partial charge in [0.2, 0.25) is 5.91 Å². The molecule has 0 spiro atoms. The Balaban J connectivity index is 1.60. The summed E-state index contributed by atoms with van der Waals surface area (Å²) >= 11 is 0. The van der Waals surface area contributed by atoms with Crippen molar-refractivity contribution in [3.8, 4) is 0 Å². The molecule has 2 aromatic rings. The minimum absolute atomic E-state index is 0.111. The van der Waals surface area contributed by atoms with Crippen molar-refractivity contribution in [1.29, 1.82) is 0 Å². The van der Waals surface area contributed by atoms with Crippen LogP contribution in [0, 0.1) is 5.92 Å². The van der Waals surface area contributed by atoms with E-state index in [1.807, 2.05) is 6.07 Å². The second-order valence-corrected chi connectivity index (χ2v) is 7.47. The highest BCUT2D eigenvalue weighted by atomic mass is 16.2. The van der Waals surface area contributed by atoms with Gasteiger partial charge < -0.3 is 20.9 Å². The first-order valence-electron chi connectivity index (χ1n) is 10.1. The van der Waals surface area contributed by atoms with Gasteiger partial charge in [0.15, 0.2) is 0 Å². The summed E-state index contributed by atoms with van der Waals surface area (Å²) in [5.74, 6) is 0.643. The Labute approximate surface area is 176 Å². The molecule has 3 N–H and O–H groups in total. The average Bonchev–Trinajstić information content (AvgIpc) is 2.78. The molecule has 0 atom stereocenters. The van der Waals surface area contributed by atoms with E-state index in [0.29, 0.717) is 16.8 Å². The first-order valence-corrected chi connectivity index (χ1v) is 10.1. The number of benzene rings is 1. The SMILES string of the molecule is CNC(=O)CNC(=O)c1cccc(NC(=O)c2ccc(N3CCC(C)CC3)nc2)c1. The molecule has 3 rings (SSSR count). The lowest BCUT2D eigenvalue weighted by molar-refractivity contribution is -0.119. The monoisotopic (exact) mass is 409 g/mol. The Morgan fingerprint density at radius 1 is 1.07 bits per heavy atom. The highest BCUT2D eigenvalue weighted by molar-refractivity contribution is 6.05. The predicted molar refractivity (Wildman–Crippen MR) is 116 cm³/mol. The van der Waals surface area contributed by atoms with Crippen LogP contribution >= 0.6 is 0 Å². The van der Waals surface area contributed by atoms with E-state index >= 15 is 0 Å². The normalized spacial score (nSPS) is 14.1. The molecule has 0 unspecified atom stereocenters. The van der Waals surface area contributed by atoms with E-state index in [-0.39, 0.29) is 18.4 Å². The van der Waals surface area contributed by atoms with Gasteiger partial charge in [-0.15, -0.1) is 0 Å². The molecule has 8 nitrogen and oxygen atoms in total. The topological polar surface area (TPSA) is 103 Å². The number of aromatic nitrogens is 1. The number of hydrogen-bond donors (Lipinski definition) is 3. The summed E-state index contributed by atoms with van der Waals surface area (Å²) < 4.78 is 0. The van der Waals surface area contributed by atoms with Crippen LogP contribution in [0.25, 0.3) is 0 Å². The molecule has 2 heterocycles. The van der Waals surface area contributed by atoms with Gasteiger partial charge in [0.1, 0.15) is 5.82 Å². The summed E-state index contributed by atoms with van der Waals surface area (Å²) in [4.78, 5) is 42.7. The van der Waals surface area contributed by atoms with Crippen LogP contribution in [-0.2, 0) is 4.79 Å². The van der Waals surface area contributed by atoms with E-state index in [1.54, 1.807) is 36.5 Å². The Morgan fingerprint density at radius 2 is 1.83 bits per heavy atom. The molecule has 8 heteroatoms. The maximum Gasteiger partial charge on any atom is 0.257 e.